The SMILES string of the molecule is CCCCC(C)Nc1ccc(S(=O)(=O)C(F)(F)F)cc1. The molecule has 1 unspecified atom stereocenters. The van der Waals surface area contributed by atoms with Crippen LogP contribution in [-0.2, 0) is 9.84 Å². The van der Waals surface area contributed by atoms with Crippen molar-refractivity contribution in [3.05, 3.63) is 24.3 Å². The average molecular weight is 309 g/mol. The molecule has 114 valence electrons. The summed E-state index contributed by atoms with van der Waals surface area (Å²) in [6, 6.07) is 4.82. The molecule has 1 rings (SSSR count). The zero-order chi connectivity index (χ0) is 15.4. The van der Waals surface area contributed by atoms with Gasteiger partial charge in [0.15, 0.2) is 0 Å². The van der Waals surface area contributed by atoms with Crippen LogP contribution >= 0.6 is 0 Å². The summed E-state index contributed by atoms with van der Waals surface area (Å²) < 4.78 is 59.5. The minimum absolute atomic E-state index is 0.181. The van der Waals surface area contributed by atoms with Crippen LogP contribution in [0.1, 0.15) is 33.1 Å². The summed E-state index contributed by atoms with van der Waals surface area (Å²) in [5.74, 6) is 0. The van der Waals surface area contributed by atoms with E-state index in [0.29, 0.717) is 5.69 Å². The second-order valence-corrected chi connectivity index (χ2v) is 6.60. The van der Waals surface area contributed by atoms with Crippen LogP contribution in [0.25, 0.3) is 0 Å². The first kappa shape index (κ1) is 16.8. The molecular weight excluding hydrogens is 291 g/mol. The maximum absolute atomic E-state index is 12.4. The number of rotatable bonds is 6. The molecule has 0 heterocycles. The number of unbranched alkanes of at least 4 members (excludes halogenated alkanes) is 1. The Morgan fingerprint density at radius 3 is 2.20 bits per heavy atom. The largest absolute Gasteiger partial charge is 0.501 e. The topological polar surface area (TPSA) is 46.2 Å². The van der Waals surface area contributed by atoms with E-state index >= 15 is 0 Å². The number of hydrogen-bond donors (Lipinski definition) is 1. The maximum atomic E-state index is 12.4. The summed E-state index contributed by atoms with van der Waals surface area (Å²) in [6.07, 6.45) is 3.06. The maximum Gasteiger partial charge on any atom is 0.501 e. The number of anilines is 1. The standard InChI is InChI=1S/C13H18F3NO2S/c1-3-4-5-10(2)17-11-6-8-12(9-7-11)20(18,19)13(14,15)16/h6-10,17H,3-5H2,1-2H3. The van der Waals surface area contributed by atoms with Gasteiger partial charge in [0.25, 0.3) is 9.84 Å². The van der Waals surface area contributed by atoms with Crippen LogP contribution in [0.3, 0.4) is 0 Å². The van der Waals surface area contributed by atoms with Crippen molar-refractivity contribution in [2.45, 2.75) is 49.6 Å². The van der Waals surface area contributed by atoms with Gasteiger partial charge >= 0.3 is 5.51 Å². The van der Waals surface area contributed by atoms with E-state index in [9.17, 15) is 21.6 Å². The predicted octanol–water partition coefficient (Wildman–Crippen LogP) is 3.97. The highest BCUT2D eigenvalue weighted by molar-refractivity contribution is 7.92. The Morgan fingerprint density at radius 2 is 1.75 bits per heavy atom. The van der Waals surface area contributed by atoms with Crippen LogP contribution in [0.15, 0.2) is 29.2 Å². The molecule has 1 aromatic carbocycles. The van der Waals surface area contributed by atoms with Gasteiger partial charge in [0.1, 0.15) is 0 Å². The molecule has 0 aliphatic heterocycles. The van der Waals surface area contributed by atoms with Crippen LogP contribution in [0.5, 0.6) is 0 Å². The van der Waals surface area contributed by atoms with Crippen LogP contribution in [0.2, 0.25) is 0 Å². The van der Waals surface area contributed by atoms with Gasteiger partial charge in [-0.3, -0.25) is 0 Å². The summed E-state index contributed by atoms with van der Waals surface area (Å²) in [7, 11) is -5.26. The van der Waals surface area contributed by atoms with Gasteiger partial charge in [0, 0.05) is 11.7 Å². The van der Waals surface area contributed by atoms with Gasteiger partial charge in [0.05, 0.1) is 4.90 Å². The van der Waals surface area contributed by atoms with Gasteiger partial charge in [0.2, 0.25) is 0 Å². The van der Waals surface area contributed by atoms with Gasteiger partial charge in [-0.2, -0.15) is 13.2 Å². The second kappa shape index (κ2) is 6.47. The van der Waals surface area contributed by atoms with Crippen molar-refractivity contribution in [3.8, 4) is 0 Å². The lowest BCUT2D eigenvalue weighted by atomic mass is 10.1. The van der Waals surface area contributed by atoms with Crippen LogP contribution in [-0.4, -0.2) is 20.0 Å². The molecule has 0 aliphatic carbocycles. The minimum Gasteiger partial charge on any atom is -0.383 e. The Morgan fingerprint density at radius 1 is 1.20 bits per heavy atom. The molecule has 0 amide bonds. The van der Waals surface area contributed by atoms with Crippen molar-refractivity contribution in [2.24, 2.45) is 0 Å². The van der Waals surface area contributed by atoms with Crippen molar-refractivity contribution in [1.82, 2.24) is 0 Å². The minimum atomic E-state index is -5.27. The van der Waals surface area contributed by atoms with E-state index in [0.717, 1.165) is 31.4 Å². The fraction of sp³-hybridized carbons (Fsp3) is 0.538. The number of halogens is 3. The molecular formula is C13H18F3NO2S. The smallest absolute Gasteiger partial charge is 0.383 e. The molecule has 20 heavy (non-hydrogen) atoms. The molecule has 0 spiro atoms. The first-order valence-electron chi connectivity index (χ1n) is 6.36. The molecule has 0 aromatic heterocycles. The number of benzene rings is 1. The van der Waals surface area contributed by atoms with Crippen molar-refractivity contribution < 1.29 is 21.6 Å². The van der Waals surface area contributed by atoms with Crippen molar-refractivity contribution in [1.29, 1.82) is 0 Å². The molecule has 3 nitrogen and oxygen atoms in total. The highest BCUT2D eigenvalue weighted by atomic mass is 32.2. The second-order valence-electron chi connectivity index (χ2n) is 4.66. The first-order chi connectivity index (χ1) is 9.18. The molecule has 0 bridgehead atoms. The van der Waals surface area contributed by atoms with E-state index in [-0.39, 0.29) is 6.04 Å². The third kappa shape index (κ3) is 4.13. The number of nitrogens with one attached hydrogen (secondary N) is 1. The molecule has 1 aromatic rings. The molecule has 1 atom stereocenters. The summed E-state index contributed by atoms with van der Waals surface area (Å²) in [5.41, 5.74) is -4.66. The fourth-order valence-corrected chi connectivity index (χ4v) is 2.49. The van der Waals surface area contributed by atoms with E-state index in [1.807, 2.05) is 6.92 Å². The van der Waals surface area contributed by atoms with Crippen LogP contribution < -0.4 is 5.32 Å². The highest BCUT2D eigenvalue weighted by Gasteiger charge is 2.46. The van der Waals surface area contributed by atoms with Crippen LogP contribution in [0, 0.1) is 0 Å². The highest BCUT2D eigenvalue weighted by Crippen LogP contribution is 2.30. The lowest BCUT2D eigenvalue weighted by Crippen LogP contribution is -2.23. The van der Waals surface area contributed by atoms with Crippen molar-refractivity contribution in [2.75, 3.05) is 5.32 Å². The number of alkyl halides is 3. The summed E-state index contributed by atoms with van der Waals surface area (Å²) in [6.45, 7) is 4.04. The average Bonchev–Trinajstić information content (AvgIpc) is 2.35. The molecule has 0 saturated heterocycles. The van der Waals surface area contributed by atoms with Gasteiger partial charge < -0.3 is 5.32 Å². The Kier molecular flexibility index (Phi) is 5.44. The molecule has 7 heteroatoms. The van der Waals surface area contributed by atoms with Crippen molar-refractivity contribution in [3.63, 3.8) is 0 Å². The summed E-state index contributed by atoms with van der Waals surface area (Å²) in [4.78, 5) is -0.739. The molecule has 0 saturated carbocycles. The normalized spacial score (nSPS) is 14.1. The molecule has 0 aliphatic rings. The molecule has 0 radical (unpaired) electrons. The van der Waals surface area contributed by atoms with E-state index < -0.39 is 20.2 Å². The fourth-order valence-electron chi connectivity index (χ4n) is 1.73. The van der Waals surface area contributed by atoms with E-state index in [2.05, 4.69) is 12.2 Å². The van der Waals surface area contributed by atoms with Gasteiger partial charge in [-0.05, 0) is 37.6 Å². The third-order valence-electron chi connectivity index (χ3n) is 2.87. The van der Waals surface area contributed by atoms with Gasteiger partial charge in [-0.25, -0.2) is 8.42 Å². The van der Waals surface area contributed by atoms with Crippen molar-refractivity contribution >= 4 is 15.5 Å². The summed E-state index contributed by atoms with van der Waals surface area (Å²) >= 11 is 0. The van der Waals surface area contributed by atoms with Gasteiger partial charge in [-0.15, -0.1) is 0 Å². The number of hydrogen-bond acceptors (Lipinski definition) is 3. The van der Waals surface area contributed by atoms with E-state index in [1.54, 1.807) is 0 Å². The Balaban J connectivity index is 2.80. The quantitative estimate of drug-likeness (QED) is 0.865. The molecule has 0 fully saturated rings. The first-order valence-corrected chi connectivity index (χ1v) is 7.84. The Labute approximate surface area is 117 Å². The van der Waals surface area contributed by atoms with Gasteiger partial charge in [-0.1, -0.05) is 19.8 Å². The zero-order valence-corrected chi connectivity index (χ0v) is 12.2. The third-order valence-corrected chi connectivity index (χ3v) is 4.38. The van der Waals surface area contributed by atoms with Crippen LogP contribution in [0.4, 0.5) is 18.9 Å². The predicted molar refractivity (Wildman–Crippen MR) is 72.3 cm³/mol. The summed E-state index contributed by atoms with van der Waals surface area (Å²) in [5, 5.41) is 3.12. The Hall–Kier alpha value is -1.24. The number of sulfone groups is 1. The zero-order valence-electron chi connectivity index (χ0n) is 11.4. The lowest BCUT2D eigenvalue weighted by molar-refractivity contribution is -0.0436. The lowest BCUT2D eigenvalue weighted by Gasteiger charge is -2.15. The monoisotopic (exact) mass is 309 g/mol. The van der Waals surface area contributed by atoms with E-state index in [4.69, 9.17) is 0 Å². The van der Waals surface area contributed by atoms with E-state index in [1.165, 1.54) is 12.1 Å². The molecule has 1 N–H and O–H groups in total. The Bertz CT molecular complexity index is 524.